The van der Waals surface area contributed by atoms with Crippen LogP contribution in [0.5, 0.6) is 5.75 Å². The molecule has 4 saturated carbocycles. The van der Waals surface area contributed by atoms with Gasteiger partial charge in [0, 0.05) is 17.2 Å². The normalized spacial score (nSPS) is 28.6. The van der Waals surface area contributed by atoms with Crippen molar-refractivity contribution in [1.29, 1.82) is 0 Å². The summed E-state index contributed by atoms with van der Waals surface area (Å²) in [6.07, 6.45) is 12.0. The molecular formula is C27H29NO4. The van der Waals surface area contributed by atoms with Crippen LogP contribution in [-0.4, -0.2) is 29.6 Å². The van der Waals surface area contributed by atoms with Crippen LogP contribution in [0.4, 0.5) is 0 Å². The maximum atomic E-state index is 10.9. The quantitative estimate of drug-likeness (QED) is 0.265. The van der Waals surface area contributed by atoms with E-state index in [2.05, 4.69) is 23.4 Å². The van der Waals surface area contributed by atoms with Crippen LogP contribution in [0.2, 0.25) is 0 Å². The number of methoxy groups -OCH3 is 1. The number of carboxylic acid groups (broad SMARTS) is 1. The summed E-state index contributed by atoms with van der Waals surface area (Å²) in [4.78, 5) is 10.9. The lowest BCUT2D eigenvalue weighted by molar-refractivity contribution is -0.131. The van der Waals surface area contributed by atoms with Crippen molar-refractivity contribution in [1.82, 2.24) is 0 Å². The number of hydrogen-bond donors (Lipinski definition) is 2. The van der Waals surface area contributed by atoms with Crippen molar-refractivity contribution < 1.29 is 19.8 Å². The van der Waals surface area contributed by atoms with Crippen LogP contribution in [0.25, 0.3) is 17.2 Å². The van der Waals surface area contributed by atoms with Crippen molar-refractivity contribution in [3.63, 3.8) is 0 Å². The molecular weight excluding hydrogens is 402 g/mol. The van der Waals surface area contributed by atoms with E-state index in [1.165, 1.54) is 56.4 Å². The maximum Gasteiger partial charge on any atom is 0.328 e. The summed E-state index contributed by atoms with van der Waals surface area (Å²) in [6.45, 7) is 0. The molecule has 6 rings (SSSR count). The van der Waals surface area contributed by atoms with Crippen molar-refractivity contribution >= 4 is 18.3 Å². The highest BCUT2D eigenvalue weighted by Crippen LogP contribution is 2.62. The van der Waals surface area contributed by atoms with Gasteiger partial charge >= 0.3 is 5.97 Å². The zero-order chi connectivity index (χ0) is 22.3. The lowest BCUT2D eigenvalue weighted by Crippen LogP contribution is -2.48. The minimum Gasteiger partial charge on any atom is -0.496 e. The minimum atomic E-state index is -0.998. The van der Waals surface area contributed by atoms with E-state index < -0.39 is 5.97 Å². The second-order valence-electron chi connectivity index (χ2n) is 9.88. The fourth-order valence-electron chi connectivity index (χ4n) is 7.01. The zero-order valence-corrected chi connectivity index (χ0v) is 18.3. The van der Waals surface area contributed by atoms with E-state index in [0.717, 1.165) is 51.8 Å². The van der Waals surface area contributed by atoms with Gasteiger partial charge in [-0.05, 0) is 103 Å². The molecule has 166 valence electrons. The molecule has 4 aliphatic rings. The average molecular weight is 432 g/mol. The van der Waals surface area contributed by atoms with E-state index in [9.17, 15) is 10.0 Å². The van der Waals surface area contributed by atoms with E-state index >= 15 is 0 Å². The molecule has 5 nitrogen and oxygen atoms in total. The molecule has 0 aromatic heterocycles. The van der Waals surface area contributed by atoms with E-state index in [4.69, 9.17) is 9.84 Å². The number of hydrogen-bond acceptors (Lipinski definition) is 4. The topological polar surface area (TPSA) is 79.1 Å². The molecule has 5 heteroatoms. The Morgan fingerprint density at radius 2 is 1.75 bits per heavy atom. The van der Waals surface area contributed by atoms with Gasteiger partial charge in [0.2, 0.25) is 0 Å². The molecule has 2 N–H and O–H groups in total. The maximum absolute atomic E-state index is 10.9. The summed E-state index contributed by atoms with van der Waals surface area (Å²) in [6, 6.07) is 12.1. The van der Waals surface area contributed by atoms with E-state index in [1.807, 2.05) is 18.2 Å². The second kappa shape index (κ2) is 8.12. The fourth-order valence-corrected chi connectivity index (χ4v) is 7.01. The summed E-state index contributed by atoms with van der Waals surface area (Å²) < 4.78 is 5.85. The highest BCUT2D eigenvalue weighted by Gasteiger charge is 2.52. The molecule has 4 fully saturated rings. The molecule has 0 saturated heterocycles. The first-order chi connectivity index (χ1) is 15.5. The molecule has 0 radical (unpaired) electrons. The molecule has 2 aromatic rings. The van der Waals surface area contributed by atoms with Gasteiger partial charge in [0.1, 0.15) is 5.75 Å². The Bertz CT molecular complexity index is 1070. The lowest BCUT2D eigenvalue weighted by atomic mass is 9.48. The van der Waals surface area contributed by atoms with Gasteiger partial charge in [-0.1, -0.05) is 23.4 Å². The lowest BCUT2D eigenvalue weighted by Gasteiger charge is -2.57. The number of oxime groups is 1. The summed E-state index contributed by atoms with van der Waals surface area (Å²) in [5.41, 5.74) is 5.00. The predicted molar refractivity (Wildman–Crippen MR) is 124 cm³/mol. The standard InChI is InChI=1S/C27H29NO4/c1-32-25-6-4-21(23-5-2-17(3-7-26(29)30)11-22(23)16-28-31)12-24(25)27-13-18-8-19(14-27)10-20(9-18)15-27/h2-7,11-12,16,18-20,31H,8-10,13-15H2,1H3,(H,29,30). The molecule has 4 bridgehead atoms. The largest absolute Gasteiger partial charge is 0.496 e. The molecule has 0 unspecified atom stereocenters. The Kier molecular flexibility index (Phi) is 5.28. The Balaban J connectivity index is 1.58. The van der Waals surface area contributed by atoms with Crippen LogP contribution >= 0.6 is 0 Å². The molecule has 0 aliphatic heterocycles. The summed E-state index contributed by atoms with van der Waals surface area (Å²) in [5, 5.41) is 21.4. The molecule has 4 aliphatic carbocycles. The monoisotopic (exact) mass is 431 g/mol. The first kappa shape index (κ1) is 20.8. The Hall–Kier alpha value is -3.08. The van der Waals surface area contributed by atoms with Crippen molar-refractivity contribution in [2.45, 2.75) is 43.9 Å². The van der Waals surface area contributed by atoms with Crippen molar-refractivity contribution in [3.05, 3.63) is 59.2 Å². The number of carbonyl (C=O) groups is 1. The molecule has 0 amide bonds. The van der Waals surface area contributed by atoms with Gasteiger partial charge in [-0.25, -0.2) is 4.79 Å². The molecule has 0 atom stereocenters. The SMILES string of the molecule is COc1ccc(-c2ccc(C=CC(=O)O)cc2C=NO)cc1C12CC3CC(CC(C3)C1)C2. The molecule has 0 heterocycles. The first-order valence-electron chi connectivity index (χ1n) is 11.4. The zero-order valence-electron chi connectivity index (χ0n) is 18.3. The van der Waals surface area contributed by atoms with Crippen LogP contribution in [0.3, 0.4) is 0 Å². The van der Waals surface area contributed by atoms with Crippen molar-refractivity contribution in [2.24, 2.45) is 22.9 Å². The number of nitrogens with zero attached hydrogens (tertiary/aromatic N) is 1. The number of aliphatic carboxylic acids is 1. The number of rotatable bonds is 6. The number of benzene rings is 2. The highest BCUT2D eigenvalue weighted by atomic mass is 16.5. The van der Waals surface area contributed by atoms with Crippen LogP contribution in [-0.2, 0) is 10.2 Å². The van der Waals surface area contributed by atoms with E-state index in [1.54, 1.807) is 7.11 Å². The van der Waals surface area contributed by atoms with Crippen LogP contribution in [0.1, 0.15) is 55.2 Å². The van der Waals surface area contributed by atoms with Crippen molar-refractivity contribution in [3.8, 4) is 16.9 Å². The first-order valence-corrected chi connectivity index (χ1v) is 11.4. The summed E-state index contributed by atoms with van der Waals surface area (Å²) in [7, 11) is 1.76. The van der Waals surface area contributed by atoms with Crippen LogP contribution < -0.4 is 4.74 Å². The third-order valence-electron chi connectivity index (χ3n) is 7.81. The van der Waals surface area contributed by atoms with Crippen LogP contribution in [0, 0.1) is 17.8 Å². The second-order valence-corrected chi connectivity index (χ2v) is 9.88. The van der Waals surface area contributed by atoms with Gasteiger partial charge in [0.25, 0.3) is 0 Å². The van der Waals surface area contributed by atoms with Gasteiger partial charge in [0.05, 0.1) is 13.3 Å². The van der Waals surface area contributed by atoms with E-state index in [0.29, 0.717) is 0 Å². The third-order valence-corrected chi connectivity index (χ3v) is 7.81. The Morgan fingerprint density at radius 3 is 2.34 bits per heavy atom. The Labute approximate surface area is 188 Å². The van der Waals surface area contributed by atoms with Crippen LogP contribution in [0.15, 0.2) is 47.6 Å². The summed E-state index contributed by atoms with van der Waals surface area (Å²) >= 11 is 0. The average Bonchev–Trinajstić information content (AvgIpc) is 2.77. The molecule has 32 heavy (non-hydrogen) atoms. The minimum absolute atomic E-state index is 0.200. The highest BCUT2D eigenvalue weighted by molar-refractivity contribution is 5.92. The molecule has 2 aromatic carbocycles. The summed E-state index contributed by atoms with van der Waals surface area (Å²) in [5.74, 6) is 2.49. The smallest absolute Gasteiger partial charge is 0.328 e. The van der Waals surface area contributed by atoms with Gasteiger partial charge in [-0.15, -0.1) is 0 Å². The fraction of sp³-hybridized carbons (Fsp3) is 0.407. The molecule has 0 spiro atoms. The third kappa shape index (κ3) is 3.70. The van der Waals surface area contributed by atoms with Gasteiger partial charge < -0.3 is 15.1 Å². The Morgan fingerprint density at radius 1 is 1.06 bits per heavy atom. The predicted octanol–water partition coefficient (Wildman–Crippen LogP) is 5.74. The van der Waals surface area contributed by atoms with Gasteiger partial charge in [-0.3, -0.25) is 0 Å². The van der Waals surface area contributed by atoms with Gasteiger partial charge in [0.15, 0.2) is 0 Å². The number of carboxylic acids is 1. The van der Waals surface area contributed by atoms with E-state index in [-0.39, 0.29) is 5.41 Å². The van der Waals surface area contributed by atoms with Crippen molar-refractivity contribution in [2.75, 3.05) is 7.11 Å². The van der Waals surface area contributed by atoms with Gasteiger partial charge in [-0.2, -0.15) is 0 Å². The number of ether oxygens (including phenoxy) is 1.